The summed E-state index contributed by atoms with van der Waals surface area (Å²) in [5.74, 6) is -0.136. The van der Waals surface area contributed by atoms with Crippen molar-refractivity contribution in [2.45, 2.75) is 128 Å². The van der Waals surface area contributed by atoms with Gasteiger partial charge in [0.15, 0.2) is 0 Å². The second kappa shape index (κ2) is 22.3. The number of aryl methyl sites for hydroxylation is 1. The smallest absolute Gasteiger partial charge is 0.390 e. The number of amides is 2. The van der Waals surface area contributed by atoms with E-state index in [9.17, 15) is 47.8 Å². The van der Waals surface area contributed by atoms with E-state index >= 15 is 0 Å². The van der Waals surface area contributed by atoms with E-state index in [0.29, 0.717) is 24.4 Å². The van der Waals surface area contributed by atoms with E-state index in [1.54, 1.807) is 11.9 Å². The van der Waals surface area contributed by atoms with Gasteiger partial charge in [-0.2, -0.15) is 8.62 Å². The molecule has 426 valence electrons. The van der Waals surface area contributed by atoms with Gasteiger partial charge in [0.1, 0.15) is 25.4 Å². The highest BCUT2D eigenvalue weighted by molar-refractivity contribution is 7.66. The van der Waals surface area contributed by atoms with E-state index < -0.39 is 59.8 Å². The minimum absolute atomic E-state index is 0.00159. The van der Waals surface area contributed by atoms with E-state index in [-0.39, 0.29) is 47.7 Å². The number of hydrogen-bond donors (Lipinski definition) is 7. The number of ether oxygens (including phenoxy) is 1. The van der Waals surface area contributed by atoms with Crippen molar-refractivity contribution >= 4 is 52.6 Å². The molecular formula is C54H70N6O16P3+. The van der Waals surface area contributed by atoms with Crippen molar-refractivity contribution in [3.8, 4) is 0 Å². The fraction of sp³-hybridized carbons (Fsp3) is 0.500. The van der Waals surface area contributed by atoms with Gasteiger partial charge in [-0.05, 0) is 115 Å². The molecule has 3 aromatic carbocycles. The first kappa shape index (κ1) is 58.5. The molecule has 0 saturated carbocycles. The molecule has 5 heterocycles. The Morgan fingerprint density at radius 1 is 0.987 bits per heavy atom. The van der Waals surface area contributed by atoms with Crippen LogP contribution in [0, 0.1) is 0 Å². The Morgan fingerprint density at radius 3 is 2.43 bits per heavy atom. The molecule has 79 heavy (non-hydrogen) atoms. The van der Waals surface area contributed by atoms with Crippen LogP contribution in [-0.2, 0) is 54.6 Å². The number of aromatic nitrogens is 2. The van der Waals surface area contributed by atoms with Crippen LogP contribution in [-0.4, -0.2) is 115 Å². The van der Waals surface area contributed by atoms with E-state index in [2.05, 4.69) is 98.7 Å². The molecule has 6 atom stereocenters. The SMILES string of the molecule is CCN1c2cc3c(cc2C(C)CC1(C)C)C(c1ccccc1C(=O)N(C)CCCC(=O)NC/C=C/c1cn([C@H]2C[C@H](O)[C@@H](COP(=O)(O)OP(=O)(O)OP(=O)(O)O)O2)c(=O)[nH]c1=O)=c1cc2c4c(c1C3(C)C)CCC[N+]=4CCC2. The van der Waals surface area contributed by atoms with Crippen LogP contribution in [0.25, 0.3) is 11.6 Å². The van der Waals surface area contributed by atoms with Gasteiger partial charge in [-0.3, -0.25) is 28.5 Å². The number of benzene rings is 3. The maximum absolute atomic E-state index is 14.8. The van der Waals surface area contributed by atoms with E-state index in [0.717, 1.165) is 73.6 Å². The molecule has 0 spiro atoms. The molecule has 1 aromatic heterocycles. The van der Waals surface area contributed by atoms with Crippen LogP contribution >= 0.6 is 23.5 Å². The highest BCUT2D eigenvalue weighted by Crippen LogP contribution is 2.66. The number of fused-ring (bicyclic) bond motifs is 4. The standard InChI is InChI=1S/C54H69N6O16P3/c1-8-60-42-27-41-39(26-38(42)32(2)29-53(60,3)4)47(40-25-33-16-12-23-58-24-13-19-37(49(33)58)48(40)54(41,5)6)35-17-9-10-18-36(35)51(64)57(7)22-14-20-45(62)55-21-11-15-34-30-59(52(65)56-50(34)63)46-28-43(61)44(74-46)31-73-78(69,70)76-79(71,72)75-77(66,67)68/h9-11,15,17-18,25-27,30,32,43-44,46,61H,8,12-14,16,19-24,28-29,31H2,1-7H3,(H5-,55,56,62,63,65,66,67,68,69,70,71,72)/p+1/b15-11+/t32?,43-,44+,46+/m0/s1. The summed E-state index contributed by atoms with van der Waals surface area (Å²) in [6.45, 7) is 16.4. The lowest BCUT2D eigenvalue weighted by molar-refractivity contribution is -0.121. The highest BCUT2D eigenvalue weighted by Gasteiger charge is 2.45. The Labute approximate surface area is 456 Å². The highest BCUT2D eigenvalue weighted by atomic mass is 31.3. The minimum atomic E-state index is -5.79. The molecule has 22 nitrogen and oxygen atoms in total. The van der Waals surface area contributed by atoms with Crippen LogP contribution in [0.2, 0.25) is 0 Å². The number of H-pyrrole nitrogens is 1. The number of carbonyl (C=O) groups is 2. The molecule has 4 aromatic rings. The van der Waals surface area contributed by atoms with Crippen molar-refractivity contribution < 1.29 is 65.8 Å². The second-order valence-electron chi connectivity index (χ2n) is 22.3. The van der Waals surface area contributed by atoms with E-state index in [1.165, 1.54) is 61.8 Å². The minimum Gasteiger partial charge on any atom is -0.390 e. The first-order valence-corrected chi connectivity index (χ1v) is 31.1. The summed E-state index contributed by atoms with van der Waals surface area (Å²) >= 11 is 0. The van der Waals surface area contributed by atoms with E-state index in [4.69, 9.17) is 14.5 Å². The van der Waals surface area contributed by atoms with Gasteiger partial charge >= 0.3 is 29.2 Å². The third-order valence-corrected chi connectivity index (χ3v) is 19.7. The average molecular weight is 1150 g/mol. The molecule has 0 radical (unpaired) electrons. The predicted octanol–water partition coefficient (Wildman–Crippen LogP) is 4.59. The van der Waals surface area contributed by atoms with E-state index in [1.807, 2.05) is 18.2 Å². The molecule has 9 rings (SSSR count). The summed E-state index contributed by atoms with van der Waals surface area (Å²) in [6, 6.07) is 15.3. The number of nitrogens with zero attached hydrogens (tertiary/aromatic N) is 4. The summed E-state index contributed by atoms with van der Waals surface area (Å²) in [6.07, 6.45) is 5.26. The molecule has 1 fully saturated rings. The molecule has 5 aliphatic rings. The first-order valence-electron chi connectivity index (χ1n) is 26.6. The van der Waals surface area contributed by atoms with Gasteiger partial charge in [-0.25, -0.2) is 23.1 Å². The maximum atomic E-state index is 14.8. The number of aliphatic hydroxyl groups excluding tert-OH is 1. The summed E-state index contributed by atoms with van der Waals surface area (Å²) in [5, 5.41) is 15.9. The van der Waals surface area contributed by atoms with Gasteiger partial charge in [0.2, 0.25) is 11.3 Å². The number of anilines is 1. The summed E-state index contributed by atoms with van der Waals surface area (Å²) in [4.78, 5) is 96.5. The fourth-order valence-corrected chi connectivity index (χ4v) is 15.7. The Balaban J connectivity index is 0.881. The lowest BCUT2D eigenvalue weighted by Gasteiger charge is -2.48. The molecule has 0 bridgehead atoms. The van der Waals surface area contributed by atoms with Crippen LogP contribution in [0.15, 0.2) is 64.3 Å². The van der Waals surface area contributed by atoms with Crippen LogP contribution in [0.3, 0.4) is 0 Å². The van der Waals surface area contributed by atoms with Crippen molar-refractivity contribution in [2.24, 2.45) is 0 Å². The van der Waals surface area contributed by atoms with Gasteiger partial charge in [0.25, 0.3) is 11.5 Å². The zero-order valence-corrected chi connectivity index (χ0v) is 48.0. The van der Waals surface area contributed by atoms with Crippen LogP contribution in [0.1, 0.15) is 147 Å². The molecule has 1 aliphatic carbocycles. The van der Waals surface area contributed by atoms with Gasteiger partial charge in [-0.15, -0.1) is 0 Å². The fourth-order valence-electron chi connectivity index (χ4n) is 12.7. The Morgan fingerprint density at radius 2 is 1.71 bits per heavy atom. The number of phosphoric ester groups is 1. The predicted molar refractivity (Wildman–Crippen MR) is 294 cm³/mol. The maximum Gasteiger partial charge on any atom is 0.490 e. The molecule has 2 amide bonds. The Hall–Kier alpha value is -5.18. The number of carbonyl (C=O) groups excluding carboxylic acids is 2. The van der Waals surface area contributed by atoms with Crippen LogP contribution in [0.5, 0.6) is 0 Å². The summed E-state index contributed by atoms with van der Waals surface area (Å²) in [7, 11) is -15.2. The number of nitrogens with one attached hydrogen (secondary N) is 2. The monoisotopic (exact) mass is 1150 g/mol. The number of rotatable bonds is 18. The first-order chi connectivity index (χ1) is 37.1. The lowest BCUT2D eigenvalue weighted by Crippen LogP contribution is -2.50. The topological polar surface area (TPSA) is 300 Å². The van der Waals surface area contributed by atoms with Gasteiger partial charge < -0.3 is 44.5 Å². The largest absolute Gasteiger partial charge is 0.490 e. The summed E-state index contributed by atoms with van der Waals surface area (Å²) < 4.78 is 55.8. The average Bonchev–Trinajstić information content (AvgIpc) is 3.58. The second-order valence-corrected chi connectivity index (χ2v) is 26.7. The Kier molecular flexibility index (Phi) is 16.5. The van der Waals surface area contributed by atoms with Crippen molar-refractivity contribution in [3.63, 3.8) is 0 Å². The normalized spacial score (nSPS) is 22.6. The number of phosphoric acid groups is 3. The molecule has 3 unspecified atom stereocenters. The summed E-state index contributed by atoms with van der Waals surface area (Å²) in [5.41, 5.74) is 9.71. The van der Waals surface area contributed by atoms with Gasteiger partial charge in [-0.1, -0.05) is 51.1 Å². The van der Waals surface area contributed by atoms with Gasteiger partial charge in [0.05, 0.1) is 18.3 Å². The van der Waals surface area contributed by atoms with Crippen LogP contribution in [0.4, 0.5) is 5.69 Å². The third-order valence-electron chi connectivity index (χ3n) is 15.9. The number of aliphatic hydroxyl groups is 1. The molecule has 25 heteroatoms. The third kappa shape index (κ3) is 12.1. The van der Waals surface area contributed by atoms with Gasteiger partial charge in [0, 0.05) is 91.9 Å². The Bertz CT molecular complexity index is 3550. The van der Waals surface area contributed by atoms with Crippen molar-refractivity contribution in [1.29, 1.82) is 0 Å². The number of aromatic amines is 1. The molecular weight excluding hydrogens is 1080 g/mol. The lowest BCUT2D eigenvalue weighted by atomic mass is 9.64. The molecule has 7 N–H and O–H groups in total. The van der Waals surface area contributed by atoms with Crippen LogP contribution < -0.4 is 36.6 Å². The zero-order valence-electron chi connectivity index (χ0n) is 45.3. The number of hydrogen-bond acceptors (Lipinski definition) is 13. The zero-order chi connectivity index (χ0) is 57.1. The molecule has 1 saturated heterocycles. The van der Waals surface area contributed by atoms with Crippen molar-refractivity contribution in [3.05, 3.63) is 136 Å². The van der Waals surface area contributed by atoms with Crippen molar-refractivity contribution in [1.82, 2.24) is 24.3 Å². The molecule has 4 aliphatic heterocycles. The van der Waals surface area contributed by atoms with Crippen molar-refractivity contribution in [2.75, 3.05) is 51.3 Å². The quantitative estimate of drug-likeness (QED) is 0.0529.